The van der Waals surface area contributed by atoms with E-state index >= 15 is 0 Å². The Hall–Kier alpha value is 0.0400. The van der Waals surface area contributed by atoms with Crippen molar-refractivity contribution < 1.29 is 30.3 Å². The first-order chi connectivity index (χ1) is 23.5. The molecule has 4 aliphatic rings. The summed E-state index contributed by atoms with van der Waals surface area (Å²) in [6.07, 6.45) is 5.96. The maximum absolute atomic E-state index is 6.57. The van der Waals surface area contributed by atoms with Crippen LogP contribution in [0.4, 0.5) is 0 Å². The van der Waals surface area contributed by atoms with E-state index in [-0.39, 0.29) is 37.9 Å². The fourth-order valence-corrected chi connectivity index (χ4v) is 20.1. The molecule has 2 aromatic carbocycles. The minimum absolute atomic E-state index is 0. The average molecular weight is 849 g/mol. The molecule has 6 heteroatoms. The van der Waals surface area contributed by atoms with Gasteiger partial charge in [-0.1, -0.05) is 129 Å². The summed E-state index contributed by atoms with van der Waals surface area (Å²) in [6.45, 7) is 26.0. The minimum atomic E-state index is -1.76. The Balaban J connectivity index is 0.00000141. The molecule has 52 heavy (non-hydrogen) atoms. The van der Waals surface area contributed by atoms with Crippen molar-refractivity contribution in [2.75, 3.05) is 14.2 Å². The first kappa shape index (κ1) is 46.4. The number of hydrogen-bond donors (Lipinski definition) is 0. The number of methoxy groups -OCH3 is 2. The topological polar surface area (TPSA) is 18.5 Å². The SMILES string of the molecule is COC1C(c2ccccc2)C2CC(C)C([Si](C)(C)C3C(C)CC4C3CC(C(C)(C)C)C(OC)C4c3ccccc3)C2CC1C(C)(C)C.[CH3-].[CH3-].[Cl][Zr+2][Cl]. The third kappa shape index (κ3) is 8.94. The van der Waals surface area contributed by atoms with E-state index in [1.807, 2.05) is 14.2 Å². The third-order valence-electron chi connectivity index (χ3n) is 14.9. The maximum atomic E-state index is 6.57. The first-order valence-electron chi connectivity index (χ1n) is 19.6. The van der Waals surface area contributed by atoms with Gasteiger partial charge in [-0.2, -0.15) is 0 Å². The summed E-state index contributed by atoms with van der Waals surface area (Å²) in [5.74, 6) is 6.66. The molecule has 0 heterocycles. The normalized spacial score (nSPS) is 37.3. The summed E-state index contributed by atoms with van der Waals surface area (Å²) in [5.41, 5.74) is 5.18. The van der Waals surface area contributed by atoms with Crippen LogP contribution in [0.3, 0.4) is 0 Å². The standard InChI is InChI=1S/C44H68O2Si.2CH3.2ClH.Zr/c1-27-23-31-33(25-35(43(3,4)5)39(45-9)37(31)29-19-15-13-16-20-29)41(27)47(11,12)42-28(2)24-32-34(42)26-36(44(6,7)8)40(46-10)38(32)30-21-17-14-18-22-30;;;;;/h13-22,27-28,31-42H,23-26H2,1-12H3;2*1H3;2*1H;/q;2*-1;;;+4/p-2. The predicted octanol–water partition coefficient (Wildman–Crippen LogP) is 14.0. The summed E-state index contributed by atoms with van der Waals surface area (Å²) in [6, 6.07) is 23.1. The molecular weight excluding hydrogens is 775 g/mol. The van der Waals surface area contributed by atoms with Crippen molar-refractivity contribution in [1.29, 1.82) is 0 Å². The van der Waals surface area contributed by atoms with E-state index in [1.165, 1.54) is 36.8 Å². The van der Waals surface area contributed by atoms with Crippen LogP contribution < -0.4 is 0 Å². The Morgan fingerprint density at radius 1 is 0.577 bits per heavy atom. The number of benzene rings is 2. The monoisotopic (exact) mass is 846 g/mol. The fraction of sp³-hybridized carbons (Fsp3) is 0.696. The molecule has 0 amide bonds. The van der Waals surface area contributed by atoms with E-state index in [0.717, 1.165) is 34.8 Å². The zero-order valence-corrected chi connectivity index (χ0v) is 40.2. The van der Waals surface area contributed by atoms with E-state index < -0.39 is 28.9 Å². The molecule has 0 spiro atoms. The molecule has 0 bridgehead atoms. The molecule has 4 saturated carbocycles. The van der Waals surface area contributed by atoms with Gasteiger partial charge in [-0.3, -0.25) is 0 Å². The Labute approximate surface area is 341 Å². The van der Waals surface area contributed by atoms with Crippen molar-refractivity contribution in [1.82, 2.24) is 0 Å². The zero-order valence-electron chi connectivity index (χ0n) is 35.3. The van der Waals surface area contributed by atoms with Crippen molar-refractivity contribution in [3.8, 4) is 0 Å². The molecule has 0 radical (unpaired) electrons. The molecule has 2 aromatic rings. The molecule has 292 valence electrons. The molecule has 14 atom stereocenters. The van der Waals surface area contributed by atoms with Crippen LogP contribution in [-0.4, -0.2) is 34.5 Å². The van der Waals surface area contributed by atoms with Crippen molar-refractivity contribution in [3.05, 3.63) is 86.6 Å². The quantitative estimate of drug-likeness (QED) is 0.213. The van der Waals surface area contributed by atoms with Crippen LogP contribution in [0, 0.1) is 73.0 Å². The van der Waals surface area contributed by atoms with Crippen LogP contribution in [0.25, 0.3) is 0 Å². The van der Waals surface area contributed by atoms with Gasteiger partial charge in [0.1, 0.15) is 0 Å². The van der Waals surface area contributed by atoms with Crippen LogP contribution >= 0.6 is 17.0 Å². The van der Waals surface area contributed by atoms with Crippen molar-refractivity contribution in [3.63, 3.8) is 0 Å². The van der Waals surface area contributed by atoms with Gasteiger partial charge in [0.15, 0.2) is 0 Å². The van der Waals surface area contributed by atoms with Gasteiger partial charge in [0.2, 0.25) is 0 Å². The number of halogens is 2. The van der Waals surface area contributed by atoms with Crippen LogP contribution in [0.1, 0.15) is 104 Å². The second kappa shape index (κ2) is 18.5. The predicted molar refractivity (Wildman–Crippen MR) is 226 cm³/mol. The summed E-state index contributed by atoms with van der Waals surface area (Å²) >= 11 is -0.826. The van der Waals surface area contributed by atoms with E-state index in [4.69, 9.17) is 26.5 Å². The molecule has 0 aliphatic heterocycles. The van der Waals surface area contributed by atoms with Crippen LogP contribution in [-0.2, 0) is 30.3 Å². The Kier molecular flexibility index (Phi) is 16.5. The Morgan fingerprint density at radius 3 is 1.15 bits per heavy atom. The van der Waals surface area contributed by atoms with Crippen molar-refractivity contribution in [2.24, 2.45) is 58.2 Å². The van der Waals surface area contributed by atoms with Gasteiger partial charge in [0.05, 0.1) is 20.3 Å². The average Bonchev–Trinajstić information content (AvgIpc) is 3.58. The van der Waals surface area contributed by atoms with Crippen LogP contribution in [0.2, 0.25) is 24.2 Å². The molecule has 4 fully saturated rings. The molecule has 14 unspecified atom stereocenters. The van der Waals surface area contributed by atoms with E-state index in [9.17, 15) is 0 Å². The fourth-order valence-electron chi connectivity index (χ4n) is 13.5. The van der Waals surface area contributed by atoms with Gasteiger partial charge in [-0.05, 0) is 106 Å². The second-order valence-electron chi connectivity index (χ2n) is 19.7. The number of fused-ring (bicyclic) bond motifs is 2. The van der Waals surface area contributed by atoms with Crippen LogP contribution in [0.5, 0.6) is 0 Å². The third-order valence-corrected chi connectivity index (χ3v) is 20.3. The molecule has 0 aromatic heterocycles. The van der Waals surface area contributed by atoms with Crippen molar-refractivity contribution in [2.45, 2.75) is 129 Å². The second-order valence-corrected chi connectivity index (χ2v) is 28.4. The molecule has 2 nitrogen and oxygen atoms in total. The number of ether oxygens (including phenoxy) is 2. The van der Waals surface area contributed by atoms with E-state index in [1.54, 1.807) is 0 Å². The summed E-state index contributed by atoms with van der Waals surface area (Å²) in [5, 5.41) is 0. The summed E-state index contributed by atoms with van der Waals surface area (Å²) in [7, 11) is 12.1. The van der Waals surface area contributed by atoms with Gasteiger partial charge in [-0.15, -0.1) is 0 Å². The number of rotatable bonds is 6. The van der Waals surface area contributed by atoms with Crippen molar-refractivity contribution >= 4 is 25.1 Å². The van der Waals surface area contributed by atoms with E-state index in [2.05, 4.69) is 129 Å². The van der Waals surface area contributed by atoms with Gasteiger partial charge < -0.3 is 24.3 Å². The molecular formula is C46H74Cl2O2SiZr. The van der Waals surface area contributed by atoms with Gasteiger partial charge in [0.25, 0.3) is 0 Å². The first-order valence-corrected chi connectivity index (χ1v) is 29.1. The molecule has 4 aliphatic carbocycles. The van der Waals surface area contributed by atoms with Gasteiger partial charge in [0, 0.05) is 26.1 Å². The Bertz CT molecular complexity index is 1260. The molecule has 0 N–H and O–H groups in total. The zero-order chi connectivity index (χ0) is 36.8. The van der Waals surface area contributed by atoms with Gasteiger partial charge >= 0.3 is 37.9 Å². The number of hydrogen-bond acceptors (Lipinski definition) is 2. The summed E-state index contributed by atoms with van der Waals surface area (Å²) < 4.78 is 13.1. The Morgan fingerprint density at radius 2 is 0.885 bits per heavy atom. The molecule has 0 saturated heterocycles. The van der Waals surface area contributed by atoms with Crippen LogP contribution in [0.15, 0.2) is 60.7 Å². The molecule has 6 rings (SSSR count). The summed E-state index contributed by atoms with van der Waals surface area (Å²) in [4.78, 5) is 0. The van der Waals surface area contributed by atoms with E-state index in [0.29, 0.717) is 35.5 Å². The van der Waals surface area contributed by atoms with Gasteiger partial charge in [-0.25, -0.2) is 0 Å².